The maximum atomic E-state index is 12.3. The van der Waals surface area contributed by atoms with Gasteiger partial charge in [0.05, 0.1) is 13.0 Å². The van der Waals surface area contributed by atoms with E-state index in [2.05, 4.69) is 5.32 Å². The number of nitrogens with two attached hydrogens (primary N) is 1. The van der Waals surface area contributed by atoms with Crippen molar-refractivity contribution < 1.29 is 14.4 Å². The van der Waals surface area contributed by atoms with Gasteiger partial charge in [0.1, 0.15) is 6.04 Å². The highest BCUT2D eigenvalue weighted by Crippen LogP contribution is 2.18. The predicted octanol–water partition coefficient (Wildman–Crippen LogP) is -0.178. The van der Waals surface area contributed by atoms with Gasteiger partial charge < -0.3 is 16.0 Å². The molecule has 0 saturated carbocycles. The molecule has 0 spiro atoms. The highest BCUT2D eigenvalue weighted by Gasteiger charge is 2.33. The standard InChI is InChI=1S/C15H19N3O3/c16-13(19)10-17-15(21)12-7-4-8-18(12)14(20)9-11-5-2-1-3-6-11/h1-3,5-6,12H,4,7-10H2,(H2,16,19)(H,17,21). The molecule has 0 aromatic heterocycles. The quantitative estimate of drug-likeness (QED) is 0.787. The first-order valence-electron chi connectivity index (χ1n) is 6.97. The van der Waals surface area contributed by atoms with Crippen LogP contribution in [0, 0.1) is 0 Å². The van der Waals surface area contributed by atoms with Crippen molar-refractivity contribution in [2.45, 2.75) is 25.3 Å². The number of carbonyl (C=O) groups is 3. The molecule has 3 amide bonds. The summed E-state index contributed by atoms with van der Waals surface area (Å²) in [5, 5.41) is 2.47. The highest BCUT2D eigenvalue weighted by molar-refractivity contribution is 5.91. The Hall–Kier alpha value is -2.37. The monoisotopic (exact) mass is 289 g/mol. The summed E-state index contributed by atoms with van der Waals surface area (Å²) in [5.74, 6) is -0.978. The van der Waals surface area contributed by atoms with Gasteiger partial charge in [-0.3, -0.25) is 14.4 Å². The molecule has 1 aliphatic rings. The van der Waals surface area contributed by atoms with E-state index in [0.717, 1.165) is 12.0 Å². The summed E-state index contributed by atoms with van der Waals surface area (Å²) in [4.78, 5) is 36.6. The Bertz CT molecular complexity index is 530. The lowest BCUT2D eigenvalue weighted by Gasteiger charge is -2.23. The third-order valence-electron chi connectivity index (χ3n) is 3.51. The fourth-order valence-corrected chi connectivity index (χ4v) is 2.50. The molecular formula is C15H19N3O3. The van der Waals surface area contributed by atoms with Crippen molar-refractivity contribution in [2.24, 2.45) is 5.73 Å². The minimum atomic E-state index is -0.594. The van der Waals surface area contributed by atoms with E-state index >= 15 is 0 Å². The molecule has 1 aliphatic heterocycles. The number of primary amides is 1. The molecule has 0 radical (unpaired) electrons. The Morgan fingerprint density at radius 3 is 2.62 bits per heavy atom. The van der Waals surface area contributed by atoms with Gasteiger partial charge in [-0.2, -0.15) is 0 Å². The van der Waals surface area contributed by atoms with E-state index in [9.17, 15) is 14.4 Å². The van der Waals surface area contributed by atoms with Crippen LogP contribution in [0.2, 0.25) is 0 Å². The van der Waals surface area contributed by atoms with Gasteiger partial charge in [-0.15, -0.1) is 0 Å². The summed E-state index contributed by atoms with van der Waals surface area (Å²) < 4.78 is 0. The van der Waals surface area contributed by atoms with Crippen LogP contribution in [-0.4, -0.2) is 41.8 Å². The molecule has 6 heteroatoms. The summed E-state index contributed by atoms with van der Waals surface area (Å²) in [6.07, 6.45) is 1.68. The van der Waals surface area contributed by atoms with E-state index in [1.165, 1.54) is 0 Å². The fourth-order valence-electron chi connectivity index (χ4n) is 2.50. The Morgan fingerprint density at radius 2 is 1.95 bits per heavy atom. The SMILES string of the molecule is NC(=O)CNC(=O)C1CCCN1C(=O)Cc1ccccc1. The van der Waals surface area contributed by atoms with Crippen LogP contribution in [-0.2, 0) is 20.8 Å². The lowest BCUT2D eigenvalue weighted by atomic mass is 10.1. The molecule has 1 fully saturated rings. The van der Waals surface area contributed by atoms with Crippen LogP contribution in [0.4, 0.5) is 0 Å². The van der Waals surface area contributed by atoms with Gasteiger partial charge >= 0.3 is 0 Å². The fraction of sp³-hybridized carbons (Fsp3) is 0.400. The lowest BCUT2D eigenvalue weighted by Crippen LogP contribution is -2.48. The molecule has 1 atom stereocenters. The number of likely N-dealkylation sites (tertiary alicyclic amines) is 1. The minimum Gasteiger partial charge on any atom is -0.368 e. The number of nitrogens with one attached hydrogen (secondary N) is 1. The molecule has 1 saturated heterocycles. The molecule has 6 nitrogen and oxygen atoms in total. The van der Waals surface area contributed by atoms with Crippen molar-refractivity contribution in [3.05, 3.63) is 35.9 Å². The predicted molar refractivity (Wildman–Crippen MR) is 77.1 cm³/mol. The van der Waals surface area contributed by atoms with Crippen LogP contribution in [0.25, 0.3) is 0 Å². The summed E-state index contributed by atoms with van der Waals surface area (Å²) >= 11 is 0. The molecular weight excluding hydrogens is 270 g/mol. The van der Waals surface area contributed by atoms with Gasteiger partial charge in [-0.1, -0.05) is 30.3 Å². The third-order valence-corrected chi connectivity index (χ3v) is 3.51. The second-order valence-electron chi connectivity index (χ2n) is 5.09. The van der Waals surface area contributed by atoms with E-state index in [1.807, 2.05) is 30.3 Å². The van der Waals surface area contributed by atoms with Crippen molar-refractivity contribution >= 4 is 17.7 Å². The first-order valence-corrected chi connectivity index (χ1v) is 6.97. The van der Waals surface area contributed by atoms with Crippen molar-refractivity contribution in [3.63, 3.8) is 0 Å². The van der Waals surface area contributed by atoms with Gasteiger partial charge in [0.2, 0.25) is 17.7 Å². The molecule has 2 rings (SSSR count). The minimum absolute atomic E-state index is 0.0714. The van der Waals surface area contributed by atoms with Crippen LogP contribution < -0.4 is 11.1 Å². The summed E-state index contributed by atoms with van der Waals surface area (Å²) in [6.45, 7) is 0.371. The van der Waals surface area contributed by atoms with Crippen LogP contribution >= 0.6 is 0 Å². The average Bonchev–Trinajstić information content (AvgIpc) is 2.95. The van der Waals surface area contributed by atoms with Gasteiger partial charge in [0.25, 0.3) is 0 Å². The Morgan fingerprint density at radius 1 is 1.24 bits per heavy atom. The van der Waals surface area contributed by atoms with Crippen molar-refractivity contribution in [1.82, 2.24) is 10.2 Å². The molecule has 1 unspecified atom stereocenters. The maximum Gasteiger partial charge on any atom is 0.243 e. The summed E-state index contributed by atoms with van der Waals surface area (Å²) in [6, 6.07) is 8.92. The number of nitrogens with zero attached hydrogens (tertiary/aromatic N) is 1. The third kappa shape index (κ3) is 4.05. The summed E-state index contributed by atoms with van der Waals surface area (Å²) in [7, 11) is 0. The van der Waals surface area contributed by atoms with E-state index in [4.69, 9.17) is 5.73 Å². The average molecular weight is 289 g/mol. The second kappa shape index (κ2) is 6.88. The topological polar surface area (TPSA) is 92.5 Å². The number of benzene rings is 1. The molecule has 112 valence electrons. The van der Waals surface area contributed by atoms with Crippen molar-refractivity contribution in [3.8, 4) is 0 Å². The Kier molecular flexibility index (Phi) is 4.92. The molecule has 3 N–H and O–H groups in total. The number of amides is 3. The first kappa shape index (κ1) is 15.0. The smallest absolute Gasteiger partial charge is 0.243 e. The summed E-state index contributed by atoms with van der Waals surface area (Å²) in [5.41, 5.74) is 5.92. The van der Waals surface area contributed by atoms with E-state index in [0.29, 0.717) is 13.0 Å². The molecule has 21 heavy (non-hydrogen) atoms. The van der Waals surface area contributed by atoms with Crippen molar-refractivity contribution in [1.29, 1.82) is 0 Å². The number of carbonyl (C=O) groups excluding carboxylic acids is 3. The van der Waals surface area contributed by atoms with Crippen LogP contribution in [0.1, 0.15) is 18.4 Å². The lowest BCUT2D eigenvalue weighted by molar-refractivity contribution is -0.138. The van der Waals surface area contributed by atoms with E-state index in [-0.39, 0.29) is 24.8 Å². The molecule has 1 aromatic carbocycles. The van der Waals surface area contributed by atoms with Crippen molar-refractivity contribution in [2.75, 3.05) is 13.1 Å². The zero-order chi connectivity index (χ0) is 15.2. The number of rotatable bonds is 5. The highest BCUT2D eigenvalue weighted by atomic mass is 16.2. The zero-order valence-corrected chi connectivity index (χ0v) is 11.7. The number of hydrogen-bond donors (Lipinski definition) is 2. The van der Waals surface area contributed by atoms with E-state index in [1.54, 1.807) is 4.90 Å². The van der Waals surface area contributed by atoms with Crippen LogP contribution in [0.15, 0.2) is 30.3 Å². The van der Waals surface area contributed by atoms with Gasteiger partial charge in [0, 0.05) is 6.54 Å². The van der Waals surface area contributed by atoms with Gasteiger partial charge in [-0.05, 0) is 18.4 Å². The molecule has 1 aromatic rings. The Balaban J connectivity index is 1.96. The van der Waals surface area contributed by atoms with Gasteiger partial charge in [0.15, 0.2) is 0 Å². The zero-order valence-electron chi connectivity index (χ0n) is 11.7. The van der Waals surface area contributed by atoms with Gasteiger partial charge in [-0.25, -0.2) is 0 Å². The maximum absolute atomic E-state index is 12.3. The normalized spacial score (nSPS) is 17.5. The Labute approximate surface area is 123 Å². The molecule has 0 bridgehead atoms. The van der Waals surface area contributed by atoms with E-state index < -0.39 is 11.9 Å². The van der Waals surface area contributed by atoms with Crippen LogP contribution in [0.3, 0.4) is 0 Å². The largest absolute Gasteiger partial charge is 0.368 e. The number of hydrogen-bond acceptors (Lipinski definition) is 3. The molecule has 1 heterocycles. The molecule has 0 aliphatic carbocycles. The second-order valence-corrected chi connectivity index (χ2v) is 5.09. The van der Waals surface area contributed by atoms with Crippen LogP contribution in [0.5, 0.6) is 0 Å². The first-order chi connectivity index (χ1) is 10.1.